The third-order valence-corrected chi connectivity index (χ3v) is 3.47. The maximum Gasteiger partial charge on any atom is 0.269 e. The van der Waals surface area contributed by atoms with Crippen molar-refractivity contribution in [3.05, 3.63) is 66.0 Å². The van der Waals surface area contributed by atoms with Crippen molar-refractivity contribution < 1.29 is 9.59 Å². The number of anilines is 1. The molecule has 0 radical (unpaired) electrons. The lowest BCUT2D eigenvalue weighted by Crippen LogP contribution is -2.23. The van der Waals surface area contributed by atoms with Gasteiger partial charge in [0.25, 0.3) is 5.91 Å². The van der Waals surface area contributed by atoms with E-state index in [1.54, 1.807) is 24.4 Å². The summed E-state index contributed by atoms with van der Waals surface area (Å²) in [6.07, 6.45) is 1.61. The molecule has 3 aromatic rings. The number of nitrogens with one attached hydrogen (secondary N) is 3. The fraction of sp³-hybridized carbons (Fsp3) is 0.111. The number of aromatic nitrogens is 3. The van der Waals surface area contributed by atoms with Crippen LogP contribution in [0, 0.1) is 0 Å². The predicted octanol–water partition coefficient (Wildman–Crippen LogP) is 2.36. The Labute approximate surface area is 144 Å². The van der Waals surface area contributed by atoms with Crippen molar-refractivity contribution >= 4 is 17.6 Å². The summed E-state index contributed by atoms with van der Waals surface area (Å²) in [7, 11) is 0. The molecule has 3 rings (SSSR count). The molecule has 3 N–H and O–H groups in total. The van der Waals surface area contributed by atoms with Gasteiger partial charge in [0.05, 0.1) is 5.69 Å². The molecule has 0 atom stereocenters. The molecule has 0 aliphatic carbocycles. The number of amides is 2. The van der Waals surface area contributed by atoms with Crippen LogP contribution >= 0.6 is 0 Å². The third kappa shape index (κ3) is 4.29. The summed E-state index contributed by atoms with van der Waals surface area (Å²) < 4.78 is 0. The highest BCUT2D eigenvalue weighted by Gasteiger charge is 2.10. The van der Waals surface area contributed by atoms with Crippen LogP contribution in [0.4, 0.5) is 5.82 Å². The number of hydrogen-bond acceptors (Lipinski definition) is 4. The molecule has 1 aromatic carbocycles. The lowest BCUT2D eigenvalue weighted by atomic mass is 10.1. The number of hydrogen-bond donors (Lipinski definition) is 3. The molecule has 2 amide bonds. The van der Waals surface area contributed by atoms with Crippen LogP contribution in [-0.2, 0) is 11.3 Å². The Balaban J connectivity index is 1.59. The monoisotopic (exact) mass is 335 g/mol. The van der Waals surface area contributed by atoms with Gasteiger partial charge < -0.3 is 10.6 Å². The van der Waals surface area contributed by atoms with E-state index in [2.05, 4.69) is 25.8 Å². The lowest BCUT2D eigenvalue weighted by Gasteiger charge is -2.05. The smallest absolute Gasteiger partial charge is 0.269 e. The van der Waals surface area contributed by atoms with Crippen LogP contribution in [0.2, 0.25) is 0 Å². The molecule has 0 aliphatic heterocycles. The minimum atomic E-state index is -0.249. The number of carbonyl (C=O) groups excluding carboxylic acids is 2. The number of benzene rings is 1. The Morgan fingerprint density at radius 3 is 2.60 bits per heavy atom. The first kappa shape index (κ1) is 16.4. The van der Waals surface area contributed by atoms with Gasteiger partial charge >= 0.3 is 0 Å². The summed E-state index contributed by atoms with van der Waals surface area (Å²) in [5.74, 6) is 0.0475. The summed E-state index contributed by atoms with van der Waals surface area (Å²) >= 11 is 0. The van der Waals surface area contributed by atoms with Crippen LogP contribution < -0.4 is 10.6 Å². The predicted molar refractivity (Wildman–Crippen MR) is 93.7 cm³/mol. The van der Waals surface area contributed by atoms with E-state index in [-0.39, 0.29) is 11.8 Å². The van der Waals surface area contributed by atoms with Crippen molar-refractivity contribution in [3.8, 4) is 11.3 Å². The van der Waals surface area contributed by atoms with Crippen molar-refractivity contribution in [1.82, 2.24) is 20.5 Å². The maximum atomic E-state index is 12.2. The Morgan fingerprint density at radius 1 is 1.12 bits per heavy atom. The molecular formula is C18H17N5O2. The zero-order chi connectivity index (χ0) is 17.6. The number of aromatic amines is 1. The van der Waals surface area contributed by atoms with Crippen LogP contribution in [0.1, 0.15) is 23.0 Å². The van der Waals surface area contributed by atoms with E-state index in [0.29, 0.717) is 23.8 Å². The highest BCUT2D eigenvalue weighted by Crippen LogP contribution is 2.16. The first-order valence-corrected chi connectivity index (χ1v) is 7.73. The maximum absolute atomic E-state index is 12.2. The molecular weight excluding hydrogens is 318 g/mol. The van der Waals surface area contributed by atoms with Gasteiger partial charge in [0.1, 0.15) is 11.5 Å². The zero-order valence-corrected chi connectivity index (χ0v) is 13.6. The van der Waals surface area contributed by atoms with Crippen molar-refractivity contribution in [1.29, 1.82) is 0 Å². The van der Waals surface area contributed by atoms with E-state index in [4.69, 9.17) is 0 Å². The van der Waals surface area contributed by atoms with Gasteiger partial charge in [-0.3, -0.25) is 14.7 Å². The van der Waals surface area contributed by atoms with Crippen LogP contribution in [0.3, 0.4) is 0 Å². The van der Waals surface area contributed by atoms with Crippen molar-refractivity contribution in [2.45, 2.75) is 13.5 Å². The van der Waals surface area contributed by atoms with Gasteiger partial charge in [-0.05, 0) is 17.7 Å². The molecule has 0 saturated heterocycles. The summed E-state index contributed by atoms with van der Waals surface area (Å²) in [6.45, 7) is 1.75. The second kappa shape index (κ2) is 7.39. The van der Waals surface area contributed by atoms with Gasteiger partial charge in [0.15, 0.2) is 0 Å². The minimum absolute atomic E-state index is 0.179. The quantitative estimate of drug-likeness (QED) is 0.666. The molecule has 0 saturated carbocycles. The average molecular weight is 335 g/mol. The largest absolute Gasteiger partial charge is 0.347 e. The van der Waals surface area contributed by atoms with E-state index >= 15 is 0 Å². The van der Waals surface area contributed by atoms with Gasteiger partial charge in [0, 0.05) is 25.2 Å². The number of rotatable bonds is 5. The SMILES string of the molecule is CC(=O)Nc1ccc(CNC(=O)c2cc(-c3ccccc3)n[nH]2)cn1. The highest BCUT2D eigenvalue weighted by atomic mass is 16.2. The molecule has 2 aromatic heterocycles. The number of nitrogens with zero attached hydrogens (tertiary/aromatic N) is 2. The number of carbonyl (C=O) groups is 2. The molecule has 0 aliphatic rings. The van der Waals surface area contributed by atoms with Crippen LogP contribution in [-0.4, -0.2) is 27.0 Å². The molecule has 126 valence electrons. The first-order valence-electron chi connectivity index (χ1n) is 7.73. The molecule has 7 heteroatoms. The normalized spacial score (nSPS) is 10.3. The van der Waals surface area contributed by atoms with Crippen molar-refractivity contribution in [2.24, 2.45) is 0 Å². The summed E-state index contributed by atoms with van der Waals surface area (Å²) in [5.41, 5.74) is 2.87. The van der Waals surface area contributed by atoms with Crippen LogP contribution in [0.5, 0.6) is 0 Å². The summed E-state index contributed by atoms with van der Waals surface area (Å²) in [6, 6.07) is 14.8. The Hall–Kier alpha value is -3.48. The molecule has 0 spiro atoms. The Morgan fingerprint density at radius 2 is 1.92 bits per heavy atom. The van der Waals surface area contributed by atoms with E-state index < -0.39 is 0 Å². The lowest BCUT2D eigenvalue weighted by molar-refractivity contribution is -0.114. The van der Waals surface area contributed by atoms with E-state index in [0.717, 1.165) is 11.1 Å². The summed E-state index contributed by atoms with van der Waals surface area (Å²) in [4.78, 5) is 27.3. The van der Waals surface area contributed by atoms with Gasteiger partial charge in [-0.2, -0.15) is 5.10 Å². The number of H-pyrrole nitrogens is 1. The number of pyridine rings is 1. The molecule has 0 fully saturated rings. The third-order valence-electron chi connectivity index (χ3n) is 3.47. The molecule has 0 bridgehead atoms. The van der Waals surface area contributed by atoms with Crippen LogP contribution in [0.15, 0.2) is 54.7 Å². The molecule has 2 heterocycles. The van der Waals surface area contributed by atoms with Crippen LogP contribution in [0.25, 0.3) is 11.3 Å². The fourth-order valence-electron chi connectivity index (χ4n) is 2.26. The van der Waals surface area contributed by atoms with Gasteiger partial charge in [-0.15, -0.1) is 0 Å². The Kier molecular flexibility index (Phi) is 4.84. The van der Waals surface area contributed by atoms with Crippen molar-refractivity contribution in [2.75, 3.05) is 5.32 Å². The average Bonchev–Trinajstić information content (AvgIpc) is 3.11. The first-order chi connectivity index (χ1) is 12.1. The van der Waals surface area contributed by atoms with Gasteiger partial charge in [-0.1, -0.05) is 36.4 Å². The van der Waals surface area contributed by atoms with E-state index in [1.807, 2.05) is 30.3 Å². The van der Waals surface area contributed by atoms with E-state index in [9.17, 15) is 9.59 Å². The summed E-state index contributed by atoms with van der Waals surface area (Å²) in [5, 5.41) is 12.3. The highest BCUT2D eigenvalue weighted by molar-refractivity contribution is 5.93. The zero-order valence-electron chi connectivity index (χ0n) is 13.6. The Bertz CT molecular complexity index is 872. The second-order valence-electron chi connectivity index (χ2n) is 5.45. The van der Waals surface area contributed by atoms with E-state index in [1.165, 1.54) is 6.92 Å². The standard InChI is InChI=1S/C18H17N5O2/c1-12(24)21-17-8-7-13(10-19-17)11-20-18(25)16-9-15(22-23-16)14-5-3-2-4-6-14/h2-10H,11H2,1H3,(H,20,25)(H,22,23)(H,19,21,24). The minimum Gasteiger partial charge on any atom is -0.347 e. The molecule has 0 unspecified atom stereocenters. The van der Waals surface area contributed by atoms with Crippen molar-refractivity contribution in [3.63, 3.8) is 0 Å². The fourth-order valence-corrected chi connectivity index (χ4v) is 2.26. The van der Waals surface area contributed by atoms with Gasteiger partial charge in [0.2, 0.25) is 5.91 Å². The molecule has 7 nitrogen and oxygen atoms in total. The second-order valence-corrected chi connectivity index (χ2v) is 5.45. The molecule has 25 heavy (non-hydrogen) atoms. The van der Waals surface area contributed by atoms with Gasteiger partial charge in [-0.25, -0.2) is 4.98 Å². The topological polar surface area (TPSA) is 99.8 Å².